The van der Waals surface area contributed by atoms with Gasteiger partial charge in [-0.2, -0.15) is 0 Å². The van der Waals surface area contributed by atoms with Gasteiger partial charge in [0, 0.05) is 0 Å². The number of nitrogens with one attached hydrogen (secondary N) is 1. The van der Waals surface area contributed by atoms with Crippen molar-refractivity contribution < 1.29 is 15.2 Å². The van der Waals surface area contributed by atoms with Crippen molar-refractivity contribution in [2.45, 2.75) is 6.61 Å². The molecule has 0 heterocycles. The molecule has 0 fully saturated rings. The van der Waals surface area contributed by atoms with Crippen molar-refractivity contribution in [2.24, 2.45) is 11.5 Å². The van der Waals surface area contributed by atoms with Crippen molar-refractivity contribution in [3.63, 3.8) is 0 Å². The zero-order chi connectivity index (χ0) is 12.6. The standard InChI is InChI=1S/C8H11N3O.NO3/c9-8(10)11-7-3-1-2-6(4-7)5-12;2-1(3)4/h1-4,12H,5H2,(H4,9,10,11);/q;-1/p+1. The molecular weight excluding hydrogens is 216 g/mol. The summed E-state index contributed by atoms with van der Waals surface area (Å²) in [5.74, 6) is 0.144. The van der Waals surface area contributed by atoms with E-state index >= 15 is 0 Å². The van der Waals surface area contributed by atoms with Crippen LogP contribution in [0.3, 0.4) is 0 Å². The van der Waals surface area contributed by atoms with Crippen LogP contribution in [0.25, 0.3) is 0 Å². The molecule has 1 aromatic rings. The van der Waals surface area contributed by atoms with E-state index in [-0.39, 0.29) is 12.6 Å². The number of hydrogen-bond acceptors (Lipinski definition) is 4. The van der Waals surface area contributed by atoms with E-state index in [2.05, 4.69) is 4.99 Å². The largest absolute Gasteiger partial charge is 0.392 e. The number of guanidine groups is 1. The van der Waals surface area contributed by atoms with Crippen LogP contribution < -0.4 is 16.5 Å². The van der Waals surface area contributed by atoms with Gasteiger partial charge in [0.15, 0.2) is 0 Å². The highest BCUT2D eigenvalue weighted by Crippen LogP contribution is 2.03. The van der Waals surface area contributed by atoms with Crippen molar-refractivity contribution in [3.05, 3.63) is 45.2 Å². The molecule has 8 heteroatoms. The third kappa shape index (κ3) is 7.09. The maximum Gasteiger partial charge on any atom is 0.343 e. The lowest BCUT2D eigenvalue weighted by atomic mass is 10.2. The van der Waals surface area contributed by atoms with Gasteiger partial charge in [-0.3, -0.25) is 11.5 Å². The Morgan fingerprint density at radius 3 is 2.44 bits per heavy atom. The maximum absolute atomic E-state index is 8.80. The highest BCUT2D eigenvalue weighted by Gasteiger charge is 1.94. The van der Waals surface area contributed by atoms with E-state index in [9.17, 15) is 0 Å². The summed E-state index contributed by atoms with van der Waals surface area (Å²) in [6.45, 7) is 0.0139. The van der Waals surface area contributed by atoms with Crippen LogP contribution >= 0.6 is 0 Å². The molecule has 88 valence electrons. The Morgan fingerprint density at radius 2 is 2.00 bits per heavy atom. The van der Waals surface area contributed by atoms with Crippen molar-refractivity contribution >= 4 is 11.6 Å². The first-order valence-electron chi connectivity index (χ1n) is 4.12. The minimum atomic E-state index is -1.75. The zero-order valence-electron chi connectivity index (χ0n) is 8.29. The molecule has 1 rings (SSSR count). The van der Waals surface area contributed by atoms with Crippen molar-refractivity contribution in [1.29, 1.82) is 0 Å². The van der Waals surface area contributed by atoms with Crippen LogP contribution in [0.2, 0.25) is 0 Å². The summed E-state index contributed by atoms with van der Waals surface area (Å²) in [4.78, 5) is 11.0. The lowest BCUT2D eigenvalue weighted by Gasteiger charge is -1.96. The maximum atomic E-state index is 8.80. The number of hydrogen-bond donors (Lipinski definition) is 4. The molecule has 0 aliphatic carbocycles. The molecule has 0 saturated heterocycles. The van der Waals surface area contributed by atoms with E-state index in [4.69, 9.17) is 31.9 Å². The summed E-state index contributed by atoms with van der Waals surface area (Å²) in [6.07, 6.45) is 0. The number of nitrogens with zero attached hydrogens (tertiary/aromatic N) is 1. The van der Waals surface area contributed by atoms with Crippen LogP contribution in [0, 0.1) is 15.3 Å². The number of nitrogens with two attached hydrogens (primary N) is 2. The van der Waals surface area contributed by atoms with Crippen LogP contribution in [0.1, 0.15) is 5.56 Å². The fourth-order valence-electron chi connectivity index (χ4n) is 0.914. The highest BCUT2D eigenvalue weighted by molar-refractivity contribution is 5.70. The summed E-state index contributed by atoms with van der Waals surface area (Å²) in [5.41, 5.74) is 12.1. The summed E-state index contributed by atoms with van der Waals surface area (Å²) in [5, 5.41) is 23.5. The van der Waals surface area contributed by atoms with E-state index in [0.717, 1.165) is 11.3 Å². The normalized spacial score (nSPS) is 8.56. The molecule has 6 N–H and O–H groups in total. The molecule has 0 radical (unpaired) electrons. The zero-order valence-corrected chi connectivity index (χ0v) is 8.29. The number of aliphatic hydroxyl groups excluding tert-OH is 1. The summed E-state index contributed by atoms with van der Waals surface area (Å²) >= 11 is 0. The second-order valence-corrected chi connectivity index (χ2v) is 2.66. The lowest BCUT2D eigenvalue weighted by molar-refractivity contribution is -0.402. The Kier molecular flexibility index (Phi) is 5.98. The molecule has 0 unspecified atom stereocenters. The van der Waals surface area contributed by atoms with Crippen molar-refractivity contribution in [2.75, 3.05) is 0 Å². The van der Waals surface area contributed by atoms with Crippen LogP contribution in [0.15, 0.2) is 24.3 Å². The average molecular weight is 228 g/mol. The Morgan fingerprint density at radius 1 is 1.44 bits per heavy atom. The van der Waals surface area contributed by atoms with Gasteiger partial charge >= 0.3 is 5.96 Å². The molecule has 0 bridgehead atoms. The Hall–Kier alpha value is -2.35. The molecule has 0 atom stereocenters. The third-order valence-electron chi connectivity index (χ3n) is 1.40. The minimum absolute atomic E-state index is 0.0139. The molecule has 0 aliphatic rings. The summed E-state index contributed by atoms with van der Waals surface area (Å²) in [7, 11) is 0. The van der Waals surface area contributed by atoms with Gasteiger partial charge in [-0.15, -0.1) is 0 Å². The molecule has 0 amide bonds. The molecular formula is C8H12N4O4. The van der Waals surface area contributed by atoms with Gasteiger partial charge in [0.05, 0.1) is 17.4 Å². The monoisotopic (exact) mass is 228 g/mol. The van der Waals surface area contributed by atoms with E-state index in [1.54, 1.807) is 6.07 Å². The molecule has 0 aliphatic heterocycles. The quantitative estimate of drug-likeness (QED) is 0.197. The number of benzene rings is 1. The SMILES string of the molecule is NC(N)=[NH+]c1cccc(CO)c1.O=[N+]([O-])[O-]. The topological polar surface area (TPSA) is 152 Å². The van der Waals surface area contributed by atoms with E-state index in [1.807, 2.05) is 18.2 Å². The van der Waals surface area contributed by atoms with Gasteiger partial charge in [0.2, 0.25) is 0 Å². The van der Waals surface area contributed by atoms with Gasteiger partial charge in [-0.05, 0) is 17.7 Å². The van der Waals surface area contributed by atoms with Gasteiger partial charge in [-0.1, -0.05) is 12.1 Å². The lowest BCUT2D eigenvalue weighted by Crippen LogP contribution is -2.72. The first kappa shape index (κ1) is 13.7. The fraction of sp³-hybridized carbons (Fsp3) is 0.125. The van der Waals surface area contributed by atoms with Gasteiger partial charge < -0.3 is 20.4 Å². The van der Waals surface area contributed by atoms with E-state index in [1.165, 1.54) is 0 Å². The Balaban J connectivity index is 0.000000487. The minimum Gasteiger partial charge on any atom is -0.392 e. The first-order chi connectivity index (χ1) is 7.45. The number of rotatable bonds is 2. The van der Waals surface area contributed by atoms with Crippen LogP contribution in [-0.4, -0.2) is 16.2 Å². The third-order valence-corrected chi connectivity index (χ3v) is 1.40. The molecule has 0 spiro atoms. The van der Waals surface area contributed by atoms with Gasteiger partial charge in [0.1, 0.15) is 0 Å². The summed E-state index contributed by atoms with van der Waals surface area (Å²) < 4.78 is 0. The average Bonchev–Trinajstić information content (AvgIpc) is 2.16. The second-order valence-electron chi connectivity index (χ2n) is 2.66. The van der Waals surface area contributed by atoms with E-state index in [0.29, 0.717) is 0 Å². The predicted molar refractivity (Wildman–Crippen MR) is 56.7 cm³/mol. The van der Waals surface area contributed by atoms with Gasteiger partial charge in [0.25, 0.3) is 0 Å². The van der Waals surface area contributed by atoms with Gasteiger partial charge in [-0.25, -0.2) is 4.99 Å². The highest BCUT2D eigenvalue weighted by atomic mass is 16.9. The summed E-state index contributed by atoms with van der Waals surface area (Å²) in [6, 6.07) is 7.23. The Bertz CT molecular complexity index is 372. The van der Waals surface area contributed by atoms with Crippen molar-refractivity contribution in [1.82, 2.24) is 0 Å². The van der Waals surface area contributed by atoms with Crippen molar-refractivity contribution in [3.8, 4) is 0 Å². The van der Waals surface area contributed by atoms with Crippen LogP contribution in [0.4, 0.5) is 5.69 Å². The van der Waals surface area contributed by atoms with Crippen LogP contribution in [-0.2, 0) is 6.61 Å². The molecule has 0 saturated carbocycles. The molecule has 0 aromatic heterocycles. The van der Waals surface area contributed by atoms with Crippen LogP contribution in [0.5, 0.6) is 0 Å². The Labute approximate surface area is 90.9 Å². The first-order valence-corrected chi connectivity index (χ1v) is 4.12. The predicted octanol–water partition coefficient (Wildman–Crippen LogP) is -2.07. The smallest absolute Gasteiger partial charge is 0.343 e. The van der Waals surface area contributed by atoms with E-state index < -0.39 is 5.09 Å². The molecule has 16 heavy (non-hydrogen) atoms. The molecule has 1 aromatic carbocycles. The second kappa shape index (κ2) is 7.01. The fourth-order valence-corrected chi connectivity index (χ4v) is 0.914. The number of aliphatic hydroxyl groups is 1. The molecule has 8 nitrogen and oxygen atoms in total.